The van der Waals surface area contributed by atoms with Crippen molar-refractivity contribution in [3.8, 4) is 0 Å². The van der Waals surface area contributed by atoms with E-state index >= 15 is 0 Å². The Morgan fingerprint density at radius 1 is 0.760 bits per heavy atom. The molecule has 0 heterocycles. The molecule has 0 aliphatic heterocycles. The van der Waals surface area contributed by atoms with E-state index in [1.165, 1.54) is 0 Å². The predicted octanol–water partition coefficient (Wildman–Crippen LogP) is 3.65. The van der Waals surface area contributed by atoms with Crippen molar-refractivity contribution < 1.29 is 57.9 Å². The van der Waals surface area contributed by atoms with Gasteiger partial charge in [-0.05, 0) is 6.92 Å². The molecule has 0 saturated heterocycles. The number of aliphatic hydroxyl groups is 1. The predicted molar refractivity (Wildman–Crippen MR) is 69.7 cm³/mol. The van der Waals surface area contributed by atoms with Crippen molar-refractivity contribution in [2.45, 2.75) is 43.3 Å². The molecule has 0 radical (unpaired) electrons. The molecule has 0 aromatic rings. The van der Waals surface area contributed by atoms with Crippen molar-refractivity contribution in [3.05, 3.63) is 0 Å². The van der Waals surface area contributed by atoms with Gasteiger partial charge in [0.1, 0.15) is 0 Å². The van der Waals surface area contributed by atoms with Crippen LogP contribution < -0.4 is 0 Å². The molecule has 0 amide bonds. The minimum Gasteiger partial charge on any atom is -0.397 e. The highest BCUT2D eigenvalue weighted by molar-refractivity contribution is 6.63. The molecular formula is C11H19F9O4Si. The van der Waals surface area contributed by atoms with Crippen LogP contribution in [-0.2, 0) is 13.3 Å². The maximum atomic E-state index is 13.8. The second kappa shape index (κ2) is 9.39. The van der Waals surface area contributed by atoms with Gasteiger partial charge in [0.15, 0.2) is 0 Å². The second-order valence-corrected chi connectivity index (χ2v) is 7.42. The van der Waals surface area contributed by atoms with E-state index in [1.807, 2.05) is 0 Å². The van der Waals surface area contributed by atoms with E-state index in [9.17, 15) is 39.5 Å². The normalized spacial score (nSPS) is 14.2. The molecule has 154 valence electrons. The molecule has 0 fully saturated rings. The Kier molecular flexibility index (Phi) is 10.0. The van der Waals surface area contributed by atoms with Crippen LogP contribution in [0.1, 0.15) is 19.8 Å². The Bertz CT molecular complexity index is 378. The van der Waals surface area contributed by atoms with E-state index in [0.717, 1.165) is 0 Å². The lowest BCUT2D eigenvalue weighted by Crippen LogP contribution is -2.71. The first kappa shape index (κ1) is 26.7. The lowest BCUT2D eigenvalue weighted by Gasteiger charge is -2.39. The van der Waals surface area contributed by atoms with E-state index in [-0.39, 0.29) is 6.61 Å². The van der Waals surface area contributed by atoms with Crippen LogP contribution in [0.2, 0.25) is 0 Å². The summed E-state index contributed by atoms with van der Waals surface area (Å²) in [4.78, 5) is 0. The summed E-state index contributed by atoms with van der Waals surface area (Å²) < 4.78 is 129. The van der Waals surface area contributed by atoms with E-state index in [2.05, 4.69) is 13.3 Å². The summed E-state index contributed by atoms with van der Waals surface area (Å²) in [6.07, 6.45) is -10.1. The van der Waals surface area contributed by atoms with Crippen molar-refractivity contribution in [1.82, 2.24) is 0 Å². The molecule has 0 aliphatic rings. The van der Waals surface area contributed by atoms with Crippen LogP contribution in [0.25, 0.3) is 0 Å². The highest BCUT2D eigenvalue weighted by atomic mass is 28.4. The molecule has 0 unspecified atom stereocenters. The van der Waals surface area contributed by atoms with Gasteiger partial charge in [0.25, 0.3) is 0 Å². The van der Waals surface area contributed by atoms with Crippen LogP contribution in [-0.4, -0.2) is 65.4 Å². The van der Waals surface area contributed by atoms with Crippen LogP contribution in [0.5, 0.6) is 0 Å². The summed E-state index contributed by atoms with van der Waals surface area (Å²) in [5.74, 6) is -11.8. The molecule has 0 saturated carbocycles. The van der Waals surface area contributed by atoms with Gasteiger partial charge in [0.2, 0.25) is 0 Å². The van der Waals surface area contributed by atoms with Crippen molar-refractivity contribution in [3.63, 3.8) is 0 Å². The molecule has 0 spiro atoms. The summed E-state index contributed by atoms with van der Waals surface area (Å²) in [5, 5.41) is 7.57. The van der Waals surface area contributed by atoms with Crippen molar-refractivity contribution in [2.24, 2.45) is 0 Å². The van der Waals surface area contributed by atoms with Crippen molar-refractivity contribution >= 4 is 8.80 Å². The molecule has 0 atom stereocenters. The Morgan fingerprint density at radius 2 is 1.08 bits per heavy atom. The lowest BCUT2D eigenvalue weighted by molar-refractivity contribution is -0.303. The Balaban J connectivity index is 0. The van der Waals surface area contributed by atoms with Crippen LogP contribution in [0.3, 0.4) is 0 Å². The number of halogens is 9. The Labute approximate surface area is 139 Å². The smallest absolute Gasteiger partial charge is 0.397 e. The number of rotatable bonds is 8. The zero-order chi connectivity index (χ0) is 20.7. The first-order valence-corrected chi connectivity index (χ1v) is 8.24. The maximum absolute atomic E-state index is 13.8. The minimum atomic E-state index is -6.18. The average Bonchev–Trinajstić information content (AvgIpc) is 2.47. The first-order chi connectivity index (χ1) is 11.1. The largest absolute Gasteiger partial charge is 0.581 e. The van der Waals surface area contributed by atoms with Gasteiger partial charge in [-0.2, -0.15) is 39.5 Å². The second-order valence-electron chi connectivity index (χ2n) is 4.45. The van der Waals surface area contributed by atoms with Gasteiger partial charge < -0.3 is 18.4 Å². The Hall–Kier alpha value is -0.573. The highest BCUT2D eigenvalue weighted by Gasteiger charge is 2.83. The minimum absolute atomic E-state index is 0.250. The van der Waals surface area contributed by atoms with Crippen molar-refractivity contribution in [1.29, 1.82) is 0 Å². The monoisotopic (exact) mass is 414 g/mol. The third-order valence-electron chi connectivity index (χ3n) is 2.77. The van der Waals surface area contributed by atoms with Gasteiger partial charge >= 0.3 is 32.4 Å². The van der Waals surface area contributed by atoms with E-state index in [0.29, 0.717) is 21.3 Å². The summed E-state index contributed by atoms with van der Waals surface area (Å²) >= 11 is 0. The van der Waals surface area contributed by atoms with Crippen LogP contribution in [0.4, 0.5) is 39.5 Å². The Morgan fingerprint density at radius 3 is 1.32 bits per heavy atom. The van der Waals surface area contributed by atoms with Gasteiger partial charge in [-0.3, -0.25) is 0 Å². The van der Waals surface area contributed by atoms with Crippen LogP contribution >= 0.6 is 0 Å². The zero-order valence-corrected chi connectivity index (χ0v) is 14.7. The highest BCUT2D eigenvalue weighted by Crippen LogP contribution is 2.52. The fourth-order valence-corrected chi connectivity index (χ4v) is 3.35. The van der Waals surface area contributed by atoms with Gasteiger partial charge in [0.05, 0.1) is 0 Å². The molecular weight excluding hydrogens is 395 g/mol. The van der Waals surface area contributed by atoms with Gasteiger partial charge in [0, 0.05) is 40.8 Å². The molecule has 0 rings (SSSR count). The van der Waals surface area contributed by atoms with Crippen molar-refractivity contribution in [2.75, 3.05) is 27.9 Å². The average molecular weight is 414 g/mol. The summed E-state index contributed by atoms with van der Waals surface area (Å²) in [6.45, 7) is 1.93. The quantitative estimate of drug-likeness (QED) is 0.487. The summed E-state index contributed by atoms with van der Waals surface area (Å²) in [6, 6.07) is 0. The molecule has 0 aromatic heterocycles. The molecule has 4 nitrogen and oxygen atoms in total. The summed E-state index contributed by atoms with van der Waals surface area (Å²) in [7, 11) is -4.20. The topological polar surface area (TPSA) is 47.9 Å². The third kappa shape index (κ3) is 5.98. The molecule has 0 aromatic carbocycles. The van der Waals surface area contributed by atoms with Crippen LogP contribution in [0.15, 0.2) is 0 Å². The van der Waals surface area contributed by atoms with Crippen LogP contribution in [0, 0.1) is 0 Å². The zero-order valence-electron chi connectivity index (χ0n) is 13.7. The first-order valence-electron chi connectivity index (χ1n) is 6.52. The van der Waals surface area contributed by atoms with Gasteiger partial charge in [-0.1, -0.05) is 0 Å². The van der Waals surface area contributed by atoms with E-state index in [1.54, 1.807) is 6.92 Å². The molecule has 1 N–H and O–H groups in total. The number of aliphatic hydroxyl groups excluding tert-OH is 1. The third-order valence-corrected chi connectivity index (χ3v) is 5.46. The van der Waals surface area contributed by atoms with Gasteiger partial charge in [-0.25, -0.2) is 0 Å². The van der Waals surface area contributed by atoms with E-state index in [4.69, 9.17) is 5.11 Å². The molecule has 14 heteroatoms. The maximum Gasteiger partial charge on any atom is 0.581 e. The van der Waals surface area contributed by atoms with Gasteiger partial charge in [-0.15, -0.1) is 0 Å². The standard InChI is InChI=1S/C9H13F9O3Si.C2H6O/c1-19-22(20-2,21-3)9(17,18)8(15,16)6(10,11)4-5-7(12,13)14;1-2-3/h4-5H2,1-3H3;3H,2H2,1H3. The fraction of sp³-hybridized carbons (Fsp3) is 1.00. The van der Waals surface area contributed by atoms with E-state index < -0.39 is 45.2 Å². The molecule has 25 heavy (non-hydrogen) atoms. The number of hydrogen-bond donors (Lipinski definition) is 1. The number of alkyl halides is 9. The molecule has 0 bridgehead atoms. The molecule has 0 aliphatic carbocycles. The number of hydrogen-bond acceptors (Lipinski definition) is 4. The fourth-order valence-electron chi connectivity index (χ4n) is 1.51. The lowest BCUT2D eigenvalue weighted by atomic mass is 10.1. The summed E-state index contributed by atoms with van der Waals surface area (Å²) in [5.41, 5.74) is -5.66. The SMILES string of the molecule is CCO.CO[Si](OC)(OC)C(F)(F)C(F)(F)C(F)(F)CCC(F)(F)F.